The molecule has 2 atom stereocenters. The van der Waals surface area contributed by atoms with Crippen LogP contribution >= 0.6 is 23.2 Å². The van der Waals surface area contributed by atoms with Crippen molar-refractivity contribution in [3.05, 3.63) is 29.8 Å². The molecule has 1 aromatic rings. The molecule has 2 unspecified atom stereocenters. The van der Waals surface area contributed by atoms with Crippen LogP contribution in [0, 0.1) is 5.92 Å². The second-order valence-electron chi connectivity index (χ2n) is 7.31. The highest BCUT2D eigenvalue weighted by molar-refractivity contribution is 7.90. The van der Waals surface area contributed by atoms with Crippen LogP contribution in [0.1, 0.15) is 37.7 Å². The zero-order valence-electron chi connectivity index (χ0n) is 16.3. The molecular weight excluding hydrogens is 460 g/mol. The number of benzene rings is 1. The molecule has 0 aromatic heterocycles. The minimum absolute atomic E-state index is 0.0153. The van der Waals surface area contributed by atoms with Gasteiger partial charge in [0, 0.05) is 12.2 Å². The number of hydrogen-bond acceptors (Lipinski definition) is 5. The molecule has 1 aliphatic rings. The Balaban J connectivity index is 2.65. The van der Waals surface area contributed by atoms with E-state index in [0.717, 1.165) is 25.5 Å². The smallest absolute Gasteiger partial charge is 0.450 e. The third kappa shape index (κ3) is 5.56. The van der Waals surface area contributed by atoms with Crippen molar-refractivity contribution in [1.82, 2.24) is 5.32 Å². The van der Waals surface area contributed by atoms with Gasteiger partial charge in [-0.05, 0) is 30.5 Å². The van der Waals surface area contributed by atoms with E-state index < -0.39 is 51.0 Å². The maximum absolute atomic E-state index is 14.3. The van der Waals surface area contributed by atoms with Gasteiger partial charge in [0.1, 0.15) is 12.7 Å². The molecule has 0 spiro atoms. The van der Waals surface area contributed by atoms with Crippen molar-refractivity contribution < 1.29 is 32.2 Å². The Morgan fingerprint density at radius 2 is 1.80 bits per heavy atom. The van der Waals surface area contributed by atoms with Crippen LogP contribution in [0.25, 0.3) is 0 Å². The molecule has 11 heteroatoms. The number of ether oxygens (including phenoxy) is 1. The first kappa shape index (κ1) is 24.7. The summed E-state index contributed by atoms with van der Waals surface area (Å²) in [7, 11) is -3.50. The monoisotopic (exact) mass is 483 g/mol. The molecular formula is C19H24Cl2FNO6S. The van der Waals surface area contributed by atoms with Crippen LogP contribution in [0.3, 0.4) is 0 Å². The molecule has 1 amide bonds. The molecule has 0 bridgehead atoms. The quantitative estimate of drug-likeness (QED) is 0.429. The maximum atomic E-state index is 14.3. The number of rotatable bonds is 8. The zero-order valence-corrected chi connectivity index (χ0v) is 18.6. The number of hydrogen-bond donors (Lipinski definition) is 2. The van der Waals surface area contributed by atoms with E-state index in [1.54, 1.807) is 0 Å². The number of sulfone groups is 1. The van der Waals surface area contributed by atoms with Gasteiger partial charge in [-0.15, -0.1) is 0 Å². The Kier molecular flexibility index (Phi) is 8.35. The predicted molar refractivity (Wildman–Crippen MR) is 110 cm³/mol. The van der Waals surface area contributed by atoms with Crippen molar-refractivity contribution in [2.45, 2.75) is 53.5 Å². The van der Waals surface area contributed by atoms with E-state index in [2.05, 4.69) is 5.32 Å². The number of carboxylic acid groups (broad SMARTS) is 1. The summed E-state index contributed by atoms with van der Waals surface area (Å²) < 4.78 is 43.2. The molecule has 1 fully saturated rings. The van der Waals surface area contributed by atoms with E-state index in [0.29, 0.717) is 12.8 Å². The van der Waals surface area contributed by atoms with Gasteiger partial charge in [-0.2, -0.15) is 0 Å². The van der Waals surface area contributed by atoms with Gasteiger partial charge in [0.15, 0.2) is 20.3 Å². The first-order chi connectivity index (χ1) is 14.0. The average molecular weight is 484 g/mol. The van der Waals surface area contributed by atoms with Crippen LogP contribution in [0.2, 0.25) is 0 Å². The van der Waals surface area contributed by atoms with Crippen LogP contribution < -0.4 is 5.32 Å². The summed E-state index contributed by atoms with van der Waals surface area (Å²) in [5, 5.41) is 11.9. The summed E-state index contributed by atoms with van der Waals surface area (Å²) in [5.41, 5.74) is -1.54. The Morgan fingerprint density at radius 3 is 2.23 bits per heavy atom. The van der Waals surface area contributed by atoms with Gasteiger partial charge < -0.3 is 15.2 Å². The number of alkyl halides is 3. The predicted octanol–water partition coefficient (Wildman–Crippen LogP) is 3.82. The molecule has 0 heterocycles. The second kappa shape index (κ2) is 10.2. The topological polar surface area (TPSA) is 110 Å². The van der Waals surface area contributed by atoms with Crippen LogP contribution in [-0.2, 0) is 25.0 Å². The van der Waals surface area contributed by atoms with Crippen LogP contribution in [-0.4, -0.2) is 49.4 Å². The summed E-state index contributed by atoms with van der Waals surface area (Å²) in [5.74, 6) is -1.33. The highest BCUT2D eigenvalue weighted by Crippen LogP contribution is 2.45. The van der Waals surface area contributed by atoms with Gasteiger partial charge in [-0.1, -0.05) is 54.6 Å². The summed E-state index contributed by atoms with van der Waals surface area (Å²) in [4.78, 5) is 22.3. The summed E-state index contributed by atoms with van der Waals surface area (Å²) in [6, 6.07) is 3.98. The fourth-order valence-electron chi connectivity index (χ4n) is 4.07. The van der Waals surface area contributed by atoms with Gasteiger partial charge in [0.05, 0.1) is 4.90 Å². The number of amides is 1. The lowest BCUT2D eigenvalue weighted by atomic mass is 9.69. The van der Waals surface area contributed by atoms with Crippen molar-refractivity contribution in [3.63, 3.8) is 0 Å². The van der Waals surface area contributed by atoms with Crippen molar-refractivity contribution >= 4 is 45.1 Å². The van der Waals surface area contributed by atoms with Gasteiger partial charge in [-0.3, -0.25) is 4.79 Å². The maximum Gasteiger partial charge on any atom is 0.506 e. The fourth-order valence-corrected chi connectivity index (χ4v) is 4.82. The number of carbonyl (C=O) groups excluding carboxylic acids is 1. The molecule has 2 N–H and O–H groups in total. The fraction of sp³-hybridized carbons (Fsp3) is 0.579. The lowest BCUT2D eigenvalue weighted by Crippen LogP contribution is -2.59. The molecule has 1 saturated carbocycles. The molecule has 7 nitrogen and oxygen atoms in total. The lowest BCUT2D eigenvalue weighted by molar-refractivity contribution is -0.129. The number of carbonyl (C=O) groups is 2. The van der Waals surface area contributed by atoms with Crippen LogP contribution in [0.5, 0.6) is 0 Å². The Morgan fingerprint density at radius 1 is 1.23 bits per heavy atom. The van der Waals surface area contributed by atoms with Crippen LogP contribution in [0.15, 0.2) is 29.2 Å². The van der Waals surface area contributed by atoms with Gasteiger partial charge >= 0.3 is 6.16 Å². The minimum Gasteiger partial charge on any atom is -0.450 e. The Bertz CT molecular complexity index is 858. The Labute approximate surface area is 184 Å². The third-order valence-corrected chi connectivity index (χ3v) is 6.91. The first-order valence-corrected chi connectivity index (χ1v) is 12.2. The second-order valence-corrected chi connectivity index (χ2v) is 10.4. The largest absolute Gasteiger partial charge is 0.506 e. The molecule has 30 heavy (non-hydrogen) atoms. The van der Waals surface area contributed by atoms with E-state index in [9.17, 15) is 27.5 Å². The number of nitrogens with one attached hydrogen (secondary N) is 1. The zero-order chi connectivity index (χ0) is 22.5. The molecule has 1 aromatic carbocycles. The van der Waals surface area contributed by atoms with Gasteiger partial charge in [0.2, 0.25) is 0 Å². The number of halogens is 3. The van der Waals surface area contributed by atoms with Crippen molar-refractivity contribution in [3.8, 4) is 0 Å². The van der Waals surface area contributed by atoms with Crippen molar-refractivity contribution in [1.29, 1.82) is 0 Å². The van der Waals surface area contributed by atoms with E-state index in [1.165, 1.54) is 24.3 Å². The molecule has 1 aliphatic carbocycles. The van der Waals surface area contributed by atoms with E-state index in [1.807, 2.05) is 0 Å². The third-order valence-electron chi connectivity index (χ3n) is 5.39. The molecule has 168 valence electrons. The first-order valence-electron chi connectivity index (χ1n) is 9.39. The minimum atomic E-state index is -3.50. The molecule has 2 rings (SSSR count). The Hall–Kier alpha value is -1.58. The highest BCUT2D eigenvalue weighted by atomic mass is 35.5. The van der Waals surface area contributed by atoms with E-state index in [-0.39, 0.29) is 10.5 Å². The van der Waals surface area contributed by atoms with Crippen molar-refractivity contribution in [2.75, 3.05) is 12.9 Å². The molecule has 0 saturated heterocycles. The van der Waals surface area contributed by atoms with Gasteiger partial charge in [-0.25, -0.2) is 17.6 Å². The summed E-state index contributed by atoms with van der Waals surface area (Å²) in [6.07, 6.45) is 2.96. The lowest BCUT2D eigenvalue weighted by Gasteiger charge is -2.45. The van der Waals surface area contributed by atoms with E-state index >= 15 is 0 Å². The average Bonchev–Trinajstić information content (AvgIpc) is 2.70. The standard InChI is InChI=1S/C19H24Cl2FNO6S/c1-30(27,28)14-9-7-13(8-10-14)19(29-18(25)26,12-5-3-2-4-6-12)15(11-22)23-17(24)16(20)21/h7-10,12,15-16H,2-6,11H2,1H3,(H,23,24)(H,25,26). The van der Waals surface area contributed by atoms with Crippen LogP contribution in [0.4, 0.5) is 9.18 Å². The summed E-state index contributed by atoms with van der Waals surface area (Å²) >= 11 is 11.2. The summed E-state index contributed by atoms with van der Waals surface area (Å²) in [6.45, 7) is -1.15. The van der Waals surface area contributed by atoms with Gasteiger partial charge in [0.25, 0.3) is 5.91 Å². The molecule has 0 radical (unpaired) electrons. The normalized spacial score (nSPS) is 18.4. The SMILES string of the molecule is CS(=O)(=O)c1ccc(C(OC(=O)O)(C2CCCCC2)C(CF)NC(=O)C(Cl)Cl)cc1. The van der Waals surface area contributed by atoms with Crippen molar-refractivity contribution in [2.24, 2.45) is 5.92 Å². The van der Waals surface area contributed by atoms with E-state index in [4.69, 9.17) is 27.9 Å². The molecule has 0 aliphatic heterocycles. The highest BCUT2D eigenvalue weighted by Gasteiger charge is 2.52.